The highest BCUT2D eigenvalue weighted by atomic mass is 35.5. The lowest BCUT2D eigenvalue weighted by atomic mass is 10.0. The van der Waals surface area contributed by atoms with E-state index in [9.17, 15) is 9.59 Å². The number of hydrogen-bond donors (Lipinski definition) is 2. The largest absolute Gasteiger partial charge is 0.496 e. The highest BCUT2D eigenvalue weighted by molar-refractivity contribution is 7.14. The SMILES string of the molecule is COc1c(CCOCCCCCl)cccc1-c1csc(NC(=O)c2cc(Cl)c(/C=C(\C)C(=O)O)c(Cl)c2)n1. The highest BCUT2D eigenvalue weighted by Crippen LogP contribution is 2.35. The topological polar surface area (TPSA) is 97.8 Å². The van der Waals surface area contributed by atoms with Crippen molar-refractivity contribution in [2.45, 2.75) is 26.2 Å². The zero-order valence-corrected chi connectivity index (χ0v) is 23.9. The molecule has 1 aromatic heterocycles. The van der Waals surface area contributed by atoms with Crippen LogP contribution >= 0.6 is 46.1 Å². The van der Waals surface area contributed by atoms with Crippen LogP contribution in [0.2, 0.25) is 10.0 Å². The van der Waals surface area contributed by atoms with Gasteiger partial charge in [0.2, 0.25) is 0 Å². The molecule has 0 fully saturated rings. The normalized spacial score (nSPS) is 11.4. The summed E-state index contributed by atoms with van der Waals surface area (Å²) in [6, 6.07) is 8.70. The molecule has 202 valence electrons. The van der Waals surface area contributed by atoms with Crippen LogP contribution in [0, 0.1) is 0 Å². The fourth-order valence-corrected chi connectivity index (χ4v) is 5.05. The number of alkyl halides is 1. The number of para-hydroxylation sites is 1. The molecular formula is C27H27Cl3N2O5S. The summed E-state index contributed by atoms with van der Waals surface area (Å²) < 4.78 is 11.4. The van der Waals surface area contributed by atoms with Crippen LogP contribution < -0.4 is 10.1 Å². The highest BCUT2D eigenvalue weighted by Gasteiger charge is 2.17. The molecule has 3 aromatic rings. The third-order valence-electron chi connectivity index (χ3n) is 5.53. The van der Waals surface area contributed by atoms with Crippen molar-refractivity contribution in [2.75, 3.05) is 31.5 Å². The van der Waals surface area contributed by atoms with Crippen molar-refractivity contribution in [1.82, 2.24) is 4.98 Å². The summed E-state index contributed by atoms with van der Waals surface area (Å²) in [4.78, 5) is 28.6. The van der Waals surface area contributed by atoms with Crippen LogP contribution in [0.15, 0.2) is 41.3 Å². The number of nitrogens with zero attached hydrogens (tertiary/aromatic N) is 1. The number of carboxylic acids is 1. The number of carboxylic acid groups (broad SMARTS) is 1. The van der Waals surface area contributed by atoms with Gasteiger partial charge in [0.15, 0.2) is 5.13 Å². The number of amides is 1. The van der Waals surface area contributed by atoms with E-state index in [1.54, 1.807) is 7.11 Å². The van der Waals surface area contributed by atoms with E-state index in [4.69, 9.17) is 49.4 Å². The van der Waals surface area contributed by atoms with E-state index in [1.165, 1.54) is 36.5 Å². The first-order valence-electron chi connectivity index (χ1n) is 11.7. The van der Waals surface area contributed by atoms with Crippen LogP contribution in [0.25, 0.3) is 17.3 Å². The minimum atomic E-state index is -1.09. The Morgan fingerprint density at radius 3 is 2.55 bits per heavy atom. The molecule has 0 saturated heterocycles. The molecule has 1 heterocycles. The van der Waals surface area contributed by atoms with Gasteiger partial charge in [0.25, 0.3) is 5.91 Å². The summed E-state index contributed by atoms with van der Waals surface area (Å²) >= 11 is 19.5. The van der Waals surface area contributed by atoms with Gasteiger partial charge < -0.3 is 14.6 Å². The molecule has 3 rings (SSSR count). The average molecular weight is 598 g/mol. The van der Waals surface area contributed by atoms with Crippen LogP contribution in [0.1, 0.15) is 41.3 Å². The summed E-state index contributed by atoms with van der Waals surface area (Å²) in [7, 11) is 1.61. The summed E-state index contributed by atoms with van der Waals surface area (Å²) in [6.07, 6.45) is 3.90. The number of methoxy groups -OCH3 is 1. The van der Waals surface area contributed by atoms with Crippen molar-refractivity contribution < 1.29 is 24.2 Å². The molecule has 0 aliphatic rings. The Balaban J connectivity index is 1.73. The molecule has 0 atom stereocenters. The van der Waals surface area contributed by atoms with Crippen molar-refractivity contribution in [3.8, 4) is 17.0 Å². The third-order valence-corrected chi connectivity index (χ3v) is 7.18. The average Bonchev–Trinajstić information content (AvgIpc) is 3.35. The van der Waals surface area contributed by atoms with Gasteiger partial charge in [0.05, 0.1) is 29.5 Å². The van der Waals surface area contributed by atoms with E-state index in [1.807, 2.05) is 23.6 Å². The van der Waals surface area contributed by atoms with Gasteiger partial charge >= 0.3 is 5.97 Å². The smallest absolute Gasteiger partial charge is 0.331 e. The maximum Gasteiger partial charge on any atom is 0.331 e. The number of nitrogens with one attached hydrogen (secondary N) is 1. The minimum Gasteiger partial charge on any atom is -0.496 e. The third kappa shape index (κ3) is 7.94. The van der Waals surface area contributed by atoms with Crippen molar-refractivity contribution in [3.63, 3.8) is 0 Å². The first-order chi connectivity index (χ1) is 18.2. The van der Waals surface area contributed by atoms with Gasteiger partial charge in [0, 0.05) is 40.1 Å². The molecule has 0 spiro atoms. The Hall–Kier alpha value is -2.62. The number of halogens is 3. The number of aliphatic carboxylic acids is 1. The van der Waals surface area contributed by atoms with E-state index in [2.05, 4.69) is 10.3 Å². The number of ether oxygens (including phenoxy) is 2. The van der Waals surface area contributed by atoms with Gasteiger partial charge in [-0.3, -0.25) is 10.1 Å². The monoisotopic (exact) mass is 596 g/mol. The van der Waals surface area contributed by atoms with Gasteiger partial charge in [-0.1, -0.05) is 35.3 Å². The first kappa shape index (κ1) is 29.9. The molecule has 2 aromatic carbocycles. The fourth-order valence-electron chi connectivity index (χ4n) is 3.56. The number of anilines is 1. The standard InChI is InChI=1S/C27H27Cl3N2O5S/c1-16(26(34)35)12-20-21(29)13-18(14-22(20)30)25(33)32-27-31-23(15-38-27)19-7-5-6-17(24(19)36-2)8-11-37-10-4-3-9-28/h5-7,12-15H,3-4,8-11H2,1-2H3,(H,34,35)(H,31,32,33)/b16-12+. The minimum absolute atomic E-state index is 0.0654. The van der Waals surface area contributed by atoms with Crippen molar-refractivity contribution in [3.05, 3.63) is 68.0 Å². The Labute approximate surface area is 240 Å². The van der Waals surface area contributed by atoms with Crippen molar-refractivity contribution in [2.24, 2.45) is 0 Å². The number of unbranched alkanes of at least 4 members (excludes halogenated alkanes) is 1. The summed E-state index contributed by atoms with van der Waals surface area (Å²) in [5, 5.41) is 14.4. The zero-order chi connectivity index (χ0) is 27.7. The van der Waals surface area contributed by atoms with Crippen molar-refractivity contribution >= 4 is 69.2 Å². The van der Waals surface area contributed by atoms with E-state index in [0.717, 1.165) is 24.0 Å². The number of thiazole rings is 1. The number of aromatic nitrogens is 1. The van der Waals surface area contributed by atoms with Gasteiger partial charge in [0.1, 0.15) is 5.75 Å². The quantitative estimate of drug-likeness (QED) is 0.121. The lowest BCUT2D eigenvalue weighted by Crippen LogP contribution is -2.12. The molecular weight excluding hydrogens is 571 g/mol. The number of carbonyl (C=O) groups is 2. The maximum atomic E-state index is 12.9. The van der Waals surface area contributed by atoms with Crippen molar-refractivity contribution in [1.29, 1.82) is 0 Å². The Morgan fingerprint density at radius 1 is 1.16 bits per heavy atom. The van der Waals surface area contributed by atoms with Gasteiger partial charge in [-0.15, -0.1) is 22.9 Å². The molecule has 0 unspecified atom stereocenters. The molecule has 0 saturated carbocycles. The van der Waals surface area contributed by atoms with Crippen LogP contribution in [-0.4, -0.2) is 48.2 Å². The zero-order valence-electron chi connectivity index (χ0n) is 20.9. The van der Waals surface area contributed by atoms with E-state index < -0.39 is 11.9 Å². The number of rotatable bonds is 13. The van der Waals surface area contributed by atoms with Crippen LogP contribution in [0.4, 0.5) is 5.13 Å². The Kier molecular flexibility index (Phi) is 11.4. The van der Waals surface area contributed by atoms with Crippen LogP contribution in [0.5, 0.6) is 5.75 Å². The summed E-state index contributed by atoms with van der Waals surface area (Å²) in [6.45, 7) is 2.66. The number of hydrogen-bond acceptors (Lipinski definition) is 6. The summed E-state index contributed by atoms with van der Waals surface area (Å²) in [5.74, 6) is -0.201. The second-order valence-electron chi connectivity index (χ2n) is 8.23. The molecule has 2 N–H and O–H groups in total. The maximum absolute atomic E-state index is 12.9. The van der Waals surface area contributed by atoms with E-state index >= 15 is 0 Å². The van der Waals surface area contributed by atoms with Gasteiger partial charge in [-0.2, -0.15) is 0 Å². The molecule has 1 amide bonds. The molecule has 0 aliphatic heterocycles. The summed E-state index contributed by atoms with van der Waals surface area (Å²) in [5.41, 5.74) is 3.07. The predicted molar refractivity (Wildman–Crippen MR) is 154 cm³/mol. The lowest BCUT2D eigenvalue weighted by Gasteiger charge is -2.12. The molecule has 11 heteroatoms. The second-order valence-corrected chi connectivity index (χ2v) is 10.3. The number of carbonyl (C=O) groups excluding carboxylic acids is 1. The van der Waals surface area contributed by atoms with E-state index in [0.29, 0.717) is 47.7 Å². The van der Waals surface area contributed by atoms with Gasteiger partial charge in [-0.05, 0) is 56.0 Å². The fraction of sp³-hybridized carbons (Fsp3) is 0.296. The Morgan fingerprint density at radius 2 is 1.89 bits per heavy atom. The second kappa shape index (κ2) is 14.5. The Bertz CT molecular complexity index is 1300. The van der Waals surface area contributed by atoms with Gasteiger partial charge in [-0.25, -0.2) is 9.78 Å². The van der Waals surface area contributed by atoms with E-state index in [-0.39, 0.29) is 21.2 Å². The molecule has 0 bridgehead atoms. The first-order valence-corrected chi connectivity index (χ1v) is 13.9. The predicted octanol–water partition coefficient (Wildman–Crippen LogP) is 7.44. The molecule has 0 aliphatic carbocycles. The lowest BCUT2D eigenvalue weighted by molar-refractivity contribution is -0.132. The molecule has 38 heavy (non-hydrogen) atoms. The number of benzene rings is 2. The van der Waals surface area contributed by atoms with Crippen LogP contribution in [-0.2, 0) is 16.0 Å². The van der Waals surface area contributed by atoms with Crippen LogP contribution in [0.3, 0.4) is 0 Å². The molecule has 0 radical (unpaired) electrons. The molecule has 7 nitrogen and oxygen atoms in total.